The molecule has 0 spiro atoms. The van der Waals surface area contributed by atoms with Gasteiger partial charge in [-0.15, -0.1) is 0 Å². The second kappa shape index (κ2) is 6.58. The third-order valence-corrected chi connectivity index (χ3v) is 2.46. The first-order chi connectivity index (χ1) is 8.42. The Labute approximate surface area is 104 Å². The lowest BCUT2D eigenvalue weighted by molar-refractivity contribution is -0.124. The van der Waals surface area contributed by atoms with E-state index < -0.39 is 12.7 Å². The van der Waals surface area contributed by atoms with Crippen LogP contribution in [0.2, 0.25) is 0 Å². The molecule has 0 atom stereocenters. The van der Waals surface area contributed by atoms with E-state index in [0.29, 0.717) is 13.1 Å². The number of hydrogen-bond donors (Lipinski definition) is 1. The number of nitrogens with zero attached hydrogens (tertiary/aromatic N) is 1. The zero-order valence-electron chi connectivity index (χ0n) is 10.1. The minimum atomic E-state index is -4.19. The third-order valence-electron chi connectivity index (χ3n) is 2.46. The van der Waals surface area contributed by atoms with E-state index >= 15 is 0 Å². The summed E-state index contributed by atoms with van der Waals surface area (Å²) in [5.74, 6) is -0.329. The molecule has 0 saturated heterocycles. The Morgan fingerprint density at radius 3 is 2.28 bits per heavy atom. The molecule has 0 aliphatic rings. The molecule has 1 rings (SSSR count). The van der Waals surface area contributed by atoms with Crippen molar-refractivity contribution in [3.05, 3.63) is 30.1 Å². The Morgan fingerprint density at radius 1 is 1.17 bits per heavy atom. The van der Waals surface area contributed by atoms with Crippen molar-refractivity contribution in [2.75, 3.05) is 31.1 Å². The zero-order chi connectivity index (χ0) is 13.6. The van der Waals surface area contributed by atoms with Crippen LogP contribution in [-0.2, 0) is 0 Å². The molecule has 2 nitrogen and oxygen atoms in total. The molecule has 18 heavy (non-hydrogen) atoms. The second-order valence-corrected chi connectivity index (χ2v) is 3.85. The van der Waals surface area contributed by atoms with Crippen molar-refractivity contribution in [3.8, 4) is 0 Å². The molecule has 1 aromatic carbocycles. The molecule has 102 valence electrons. The molecule has 0 amide bonds. The van der Waals surface area contributed by atoms with Gasteiger partial charge in [-0.1, -0.05) is 0 Å². The minimum Gasteiger partial charge on any atom is -0.371 e. The quantitative estimate of drug-likeness (QED) is 0.628. The van der Waals surface area contributed by atoms with E-state index in [9.17, 15) is 17.6 Å². The fourth-order valence-electron chi connectivity index (χ4n) is 1.57. The lowest BCUT2D eigenvalue weighted by atomic mass is 10.2. The molecule has 0 saturated carbocycles. The van der Waals surface area contributed by atoms with Gasteiger partial charge in [0, 0.05) is 25.3 Å². The molecule has 0 bridgehead atoms. The smallest absolute Gasteiger partial charge is 0.371 e. The van der Waals surface area contributed by atoms with Gasteiger partial charge in [0.25, 0.3) is 0 Å². The van der Waals surface area contributed by atoms with Crippen molar-refractivity contribution in [3.63, 3.8) is 0 Å². The first-order valence-corrected chi connectivity index (χ1v) is 5.70. The second-order valence-electron chi connectivity index (χ2n) is 3.85. The number of likely N-dealkylation sites (N-methyl/N-ethyl adjacent to an activating group) is 1. The summed E-state index contributed by atoms with van der Waals surface area (Å²) in [4.78, 5) is 1.88. The van der Waals surface area contributed by atoms with Crippen molar-refractivity contribution in [1.82, 2.24) is 5.32 Å². The highest BCUT2D eigenvalue weighted by Gasteiger charge is 2.25. The Kier molecular flexibility index (Phi) is 5.40. The Balaban J connectivity index is 2.40. The average Bonchev–Trinajstić information content (AvgIpc) is 2.29. The predicted molar refractivity (Wildman–Crippen MR) is 63.2 cm³/mol. The summed E-state index contributed by atoms with van der Waals surface area (Å²) in [5.41, 5.74) is 0.799. The lowest BCUT2D eigenvalue weighted by Crippen LogP contribution is -2.36. The van der Waals surface area contributed by atoms with Crippen molar-refractivity contribution in [2.24, 2.45) is 0 Å². The van der Waals surface area contributed by atoms with Gasteiger partial charge < -0.3 is 10.2 Å². The summed E-state index contributed by atoms with van der Waals surface area (Å²) in [5, 5.41) is 2.33. The van der Waals surface area contributed by atoms with Crippen LogP contribution in [0.5, 0.6) is 0 Å². The Bertz CT molecular complexity index is 348. The molecule has 0 aliphatic heterocycles. The molecule has 0 aliphatic carbocycles. The third kappa shape index (κ3) is 5.35. The largest absolute Gasteiger partial charge is 0.401 e. The van der Waals surface area contributed by atoms with Gasteiger partial charge in [-0.3, -0.25) is 0 Å². The van der Waals surface area contributed by atoms with Crippen molar-refractivity contribution in [2.45, 2.75) is 13.1 Å². The van der Waals surface area contributed by atoms with Crippen LogP contribution in [0.3, 0.4) is 0 Å². The van der Waals surface area contributed by atoms with Gasteiger partial charge in [0.05, 0.1) is 6.54 Å². The highest BCUT2D eigenvalue weighted by molar-refractivity contribution is 5.46. The molecule has 0 aromatic heterocycles. The molecular formula is C12H16F4N2. The van der Waals surface area contributed by atoms with Crippen molar-refractivity contribution in [1.29, 1.82) is 0 Å². The van der Waals surface area contributed by atoms with Crippen LogP contribution < -0.4 is 10.2 Å². The van der Waals surface area contributed by atoms with Gasteiger partial charge in [0.15, 0.2) is 0 Å². The van der Waals surface area contributed by atoms with Crippen LogP contribution in [0, 0.1) is 5.82 Å². The predicted octanol–water partition coefficient (Wildman–Crippen LogP) is 2.80. The fourth-order valence-corrected chi connectivity index (χ4v) is 1.57. The standard InChI is InChI=1S/C12H16F4N2/c1-2-18(8-7-17-9-12(14,15)16)11-5-3-10(13)4-6-11/h3-6,17H,2,7-9H2,1H3. The lowest BCUT2D eigenvalue weighted by Gasteiger charge is -2.23. The fraction of sp³-hybridized carbons (Fsp3) is 0.500. The van der Waals surface area contributed by atoms with E-state index in [1.165, 1.54) is 12.1 Å². The molecule has 0 heterocycles. The number of benzene rings is 1. The number of rotatable bonds is 6. The number of alkyl halides is 3. The first-order valence-electron chi connectivity index (χ1n) is 5.70. The van der Waals surface area contributed by atoms with E-state index in [1.54, 1.807) is 12.1 Å². The van der Waals surface area contributed by atoms with Crippen molar-refractivity contribution < 1.29 is 17.6 Å². The first kappa shape index (κ1) is 14.8. The SMILES string of the molecule is CCN(CCNCC(F)(F)F)c1ccc(F)cc1. The van der Waals surface area contributed by atoms with Crippen LogP contribution in [0.4, 0.5) is 23.2 Å². The van der Waals surface area contributed by atoms with Gasteiger partial charge in [-0.25, -0.2) is 4.39 Å². The zero-order valence-corrected chi connectivity index (χ0v) is 10.1. The molecule has 0 fully saturated rings. The van der Waals surface area contributed by atoms with Gasteiger partial charge in [0.1, 0.15) is 5.82 Å². The number of hydrogen-bond acceptors (Lipinski definition) is 2. The maximum absolute atomic E-state index is 12.7. The van der Waals surface area contributed by atoms with Gasteiger partial charge in [-0.2, -0.15) is 13.2 Å². The highest BCUT2D eigenvalue weighted by atomic mass is 19.4. The molecular weight excluding hydrogens is 248 g/mol. The minimum absolute atomic E-state index is 0.227. The topological polar surface area (TPSA) is 15.3 Å². The van der Waals surface area contributed by atoms with Crippen LogP contribution in [0.15, 0.2) is 24.3 Å². The van der Waals surface area contributed by atoms with Gasteiger partial charge >= 0.3 is 6.18 Å². The maximum Gasteiger partial charge on any atom is 0.401 e. The average molecular weight is 264 g/mol. The normalized spacial score (nSPS) is 11.6. The summed E-state index contributed by atoms with van der Waals surface area (Å²) in [6, 6.07) is 5.90. The maximum atomic E-state index is 12.7. The van der Waals surface area contributed by atoms with Gasteiger partial charge in [-0.05, 0) is 31.2 Å². The molecule has 1 aromatic rings. The monoisotopic (exact) mass is 264 g/mol. The number of halogens is 4. The number of nitrogens with one attached hydrogen (secondary N) is 1. The Morgan fingerprint density at radius 2 is 1.78 bits per heavy atom. The van der Waals surface area contributed by atoms with E-state index in [-0.39, 0.29) is 12.4 Å². The van der Waals surface area contributed by atoms with Crippen molar-refractivity contribution >= 4 is 5.69 Å². The summed E-state index contributed by atoms with van der Waals surface area (Å²) >= 11 is 0. The van der Waals surface area contributed by atoms with Crippen LogP contribution in [-0.4, -0.2) is 32.4 Å². The van der Waals surface area contributed by atoms with Gasteiger partial charge in [0.2, 0.25) is 0 Å². The summed E-state index contributed by atoms with van der Waals surface area (Å²) in [6.45, 7) is 2.23. The van der Waals surface area contributed by atoms with E-state index in [1.807, 2.05) is 11.8 Å². The molecule has 0 unspecified atom stereocenters. The number of anilines is 1. The molecule has 6 heteroatoms. The summed E-state index contributed by atoms with van der Waals surface area (Å²) < 4.78 is 48.5. The molecule has 1 N–H and O–H groups in total. The Hall–Kier alpha value is -1.30. The highest BCUT2D eigenvalue weighted by Crippen LogP contribution is 2.14. The molecule has 0 radical (unpaired) electrons. The van der Waals surface area contributed by atoms with Crippen LogP contribution >= 0.6 is 0 Å². The summed E-state index contributed by atoms with van der Waals surface area (Å²) in [6.07, 6.45) is -4.19. The van der Waals surface area contributed by atoms with Crippen LogP contribution in [0.25, 0.3) is 0 Å². The van der Waals surface area contributed by atoms with E-state index in [4.69, 9.17) is 0 Å². The van der Waals surface area contributed by atoms with E-state index in [2.05, 4.69) is 5.32 Å². The summed E-state index contributed by atoms with van der Waals surface area (Å²) in [7, 11) is 0. The van der Waals surface area contributed by atoms with Crippen LogP contribution in [0.1, 0.15) is 6.92 Å². The van der Waals surface area contributed by atoms with E-state index in [0.717, 1.165) is 5.69 Å².